The second-order valence-electron chi connectivity index (χ2n) is 6.40. The first kappa shape index (κ1) is 18.9. The van der Waals surface area contributed by atoms with Crippen molar-refractivity contribution < 1.29 is 4.79 Å². The van der Waals surface area contributed by atoms with Crippen LogP contribution < -0.4 is 5.56 Å². The molecule has 0 amide bonds. The summed E-state index contributed by atoms with van der Waals surface area (Å²) in [6, 6.07) is 7.58. The Balaban J connectivity index is 1.98. The molecular weight excluding hydrogens is 364 g/mol. The number of aromatic nitrogens is 2. The minimum Gasteiger partial charge on any atom is -0.293 e. The quantitative estimate of drug-likeness (QED) is 0.360. The second-order valence-corrected chi connectivity index (χ2v) is 8.91. The molecule has 0 aliphatic rings. The first-order valence-electron chi connectivity index (χ1n) is 8.61. The highest BCUT2D eigenvalue weighted by Crippen LogP contribution is 2.30. The molecule has 0 radical (unpaired) electrons. The van der Waals surface area contributed by atoms with Crippen molar-refractivity contribution in [2.45, 2.75) is 51.6 Å². The highest BCUT2D eigenvalue weighted by atomic mass is 32.2. The molecule has 4 nitrogen and oxygen atoms in total. The third kappa shape index (κ3) is 3.35. The van der Waals surface area contributed by atoms with E-state index in [1.165, 1.54) is 23.1 Å². The molecule has 0 unspecified atom stereocenters. The van der Waals surface area contributed by atoms with Gasteiger partial charge in [0.05, 0.1) is 10.6 Å². The Morgan fingerprint density at radius 1 is 1.23 bits per heavy atom. The molecule has 0 aliphatic heterocycles. The van der Waals surface area contributed by atoms with E-state index in [-0.39, 0.29) is 16.6 Å². The Kier molecular flexibility index (Phi) is 5.34. The Labute approximate surface area is 161 Å². The Hall–Kier alpha value is -1.92. The summed E-state index contributed by atoms with van der Waals surface area (Å²) in [7, 11) is 0. The van der Waals surface area contributed by atoms with Crippen LogP contribution in [0.25, 0.3) is 10.2 Å². The maximum Gasteiger partial charge on any atom is 0.263 e. The normalized spacial score (nSPS) is 12.5. The molecule has 3 aromatic rings. The Morgan fingerprint density at radius 3 is 2.50 bits per heavy atom. The van der Waals surface area contributed by atoms with Crippen LogP contribution in [0.1, 0.15) is 40.2 Å². The summed E-state index contributed by atoms with van der Waals surface area (Å²) in [5.41, 5.74) is 2.80. The van der Waals surface area contributed by atoms with E-state index in [0.29, 0.717) is 22.7 Å². The Morgan fingerprint density at radius 2 is 1.88 bits per heavy atom. The number of nitrogens with zero attached hydrogens (tertiary/aromatic N) is 2. The van der Waals surface area contributed by atoms with Gasteiger partial charge >= 0.3 is 0 Å². The minimum atomic E-state index is -0.318. The van der Waals surface area contributed by atoms with Gasteiger partial charge in [-0.25, -0.2) is 4.98 Å². The zero-order chi connectivity index (χ0) is 19.0. The van der Waals surface area contributed by atoms with E-state index >= 15 is 0 Å². The van der Waals surface area contributed by atoms with E-state index in [1.54, 1.807) is 4.57 Å². The predicted octanol–water partition coefficient (Wildman–Crippen LogP) is 4.77. The van der Waals surface area contributed by atoms with E-state index in [1.807, 2.05) is 58.9 Å². The average molecular weight is 387 g/mol. The highest BCUT2D eigenvalue weighted by molar-refractivity contribution is 8.00. The minimum absolute atomic E-state index is 0.0168. The van der Waals surface area contributed by atoms with Gasteiger partial charge in [-0.3, -0.25) is 14.2 Å². The van der Waals surface area contributed by atoms with E-state index in [4.69, 9.17) is 4.98 Å². The van der Waals surface area contributed by atoms with Crippen LogP contribution in [0.15, 0.2) is 34.2 Å². The molecule has 1 atom stereocenters. The summed E-state index contributed by atoms with van der Waals surface area (Å²) in [5.74, 6) is 0.0468. The lowest BCUT2D eigenvalue weighted by Gasteiger charge is -2.14. The van der Waals surface area contributed by atoms with Crippen molar-refractivity contribution in [3.8, 4) is 0 Å². The summed E-state index contributed by atoms with van der Waals surface area (Å²) in [6.07, 6.45) is 0. The smallest absolute Gasteiger partial charge is 0.263 e. The van der Waals surface area contributed by atoms with Crippen LogP contribution in [0.4, 0.5) is 0 Å². The van der Waals surface area contributed by atoms with Gasteiger partial charge in [0.15, 0.2) is 10.9 Å². The Bertz CT molecular complexity index is 1030. The van der Waals surface area contributed by atoms with Crippen LogP contribution in [0, 0.1) is 20.8 Å². The molecule has 0 N–H and O–H groups in total. The lowest BCUT2D eigenvalue weighted by Crippen LogP contribution is -2.24. The molecule has 2 heterocycles. The van der Waals surface area contributed by atoms with Crippen molar-refractivity contribution in [1.29, 1.82) is 0 Å². The lowest BCUT2D eigenvalue weighted by molar-refractivity contribution is 0.0994. The van der Waals surface area contributed by atoms with Crippen molar-refractivity contribution in [3.05, 3.63) is 56.2 Å². The number of carbonyl (C=O) groups is 1. The summed E-state index contributed by atoms with van der Waals surface area (Å²) >= 11 is 2.89. The maximum absolute atomic E-state index is 12.9. The number of ketones is 1. The van der Waals surface area contributed by atoms with E-state index in [9.17, 15) is 9.59 Å². The fourth-order valence-corrected chi connectivity index (χ4v) is 4.96. The number of benzene rings is 1. The fraction of sp³-hybridized carbons (Fsp3) is 0.350. The fourth-order valence-electron chi connectivity index (χ4n) is 2.84. The van der Waals surface area contributed by atoms with Gasteiger partial charge in [-0.1, -0.05) is 41.6 Å². The highest BCUT2D eigenvalue weighted by Gasteiger charge is 2.21. The van der Waals surface area contributed by atoms with Crippen LogP contribution in [0.3, 0.4) is 0 Å². The number of aryl methyl sites for hydroxylation is 3. The maximum atomic E-state index is 12.9. The van der Waals surface area contributed by atoms with Gasteiger partial charge in [0.1, 0.15) is 4.83 Å². The molecule has 3 rings (SSSR count). The number of carbonyl (C=O) groups excluding carboxylic acids is 1. The zero-order valence-electron chi connectivity index (χ0n) is 15.6. The lowest BCUT2D eigenvalue weighted by atomic mass is 10.1. The molecule has 0 spiro atoms. The summed E-state index contributed by atoms with van der Waals surface area (Å²) in [4.78, 5) is 32.2. The van der Waals surface area contributed by atoms with Crippen molar-refractivity contribution in [2.75, 3.05) is 0 Å². The number of fused-ring (bicyclic) bond motifs is 1. The first-order chi connectivity index (χ1) is 12.3. The molecule has 6 heteroatoms. The monoisotopic (exact) mass is 386 g/mol. The van der Waals surface area contributed by atoms with Crippen molar-refractivity contribution >= 4 is 39.1 Å². The molecule has 1 aromatic carbocycles. The largest absolute Gasteiger partial charge is 0.293 e. The third-order valence-electron chi connectivity index (χ3n) is 4.56. The van der Waals surface area contributed by atoms with Crippen LogP contribution in [0.5, 0.6) is 0 Å². The van der Waals surface area contributed by atoms with E-state index < -0.39 is 0 Å². The number of thioether (sulfide) groups is 1. The van der Waals surface area contributed by atoms with Crippen LogP contribution in [-0.2, 0) is 6.54 Å². The summed E-state index contributed by atoms with van der Waals surface area (Å²) < 4.78 is 1.67. The molecule has 136 valence electrons. The number of thiophene rings is 1. The molecule has 0 saturated heterocycles. The van der Waals surface area contributed by atoms with E-state index in [2.05, 4.69) is 0 Å². The first-order valence-corrected chi connectivity index (χ1v) is 10.3. The molecule has 0 aliphatic carbocycles. The predicted molar refractivity (Wildman–Crippen MR) is 110 cm³/mol. The van der Waals surface area contributed by atoms with E-state index in [0.717, 1.165) is 20.8 Å². The summed E-state index contributed by atoms with van der Waals surface area (Å²) in [5, 5.41) is 0.998. The van der Waals surface area contributed by atoms with Crippen molar-refractivity contribution in [3.63, 3.8) is 0 Å². The SMILES string of the molecule is CCn1c(S[C@H](C)C(=O)c2ccc(C)cc2)nc2sc(C)c(C)c2c1=O. The number of hydrogen-bond donors (Lipinski definition) is 0. The molecule has 2 aromatic heterocycles. The molecule has 0 saturated carbocycles. The van der Waals surface area contributed by atoms with Gasteiger partial charge in [-0.2, -0.15) is 0 Å². The van der Waals surface area contributed by atoms with Gasteiger partial charge in [0, 0.05) is 17.0 Å². The second kappa shape index (κ2) is 7.37. The third-order valence-corrected chi connectivity index (χ3v) is 6.75. The molecule has 0 fully saturated rings. The molecular formula is C20H22N2O2S2. The van der Waals surface area contributed by atoms with Crippen molar-refractivity contribution in [2.24, 2.45) is 0 Å². The zero-order valence-corrected chi connectivity index (χ0v) is 17.3. The summed E-state index contributed by atoms with van der Waals surface area (Å²) in [6.45, 7) is 10.3. The van der Waals surface area contributed by atoms with Crippen molar-refractivity contribution in [1.82, 2.24) is 9.55 Å². The number of Topliss-reactive ketones (excluding diaryl/α,β-unsaturated/α-hetero) is 1. The van der Waals surface area contributed by atoms with Gasteiger partial charge in [0.2, 0.25) is 0 Å². The standard InChI is InChI=1S/C20H22N2O2S2/c1-6-22-19(24)16-12(3)13(4)25-18(16)21-20(22)26-14(5)17(23)15-9-7-11(2)8-10-15/h7-10,14H,6H2,1-5H3/t14-/m1/s1. The topological polar surface area (TPSA) is 52.0 Å². The average Bonchev–Trinajstić information content (AvgIpc) is 2.89. The number of hydrogen-bond acceptors (Lipinski definition) is 5. The van der Waals surface area contributed by atoms with Crippen LogP contribution >= 0.6 is 23.1 Å². The molecule has 0 bridgehead atoms. The van der Waals surface area contributed by atoms with Gasteiger partial charge < -0.3 is 0 Å². The van der Waals surface area contributed by atoms with Gasteiger partial charge in [0.25, 0.3) is 5.56 Å². The van der Waals surface area contributed by atoms with Crippen LogP contribution in [-0.4, -0.2) is 20.6 Å². The molecule has 26 heavy (non-hydrogen) atoms. The van der Waals surface area contributed by atoms with Gasteiger partial charge in [-0.15, -0.1) is 11.3 Å². The van der Waals surface area contributed by atoms with Crippen LogP contribution in [0.2, 0.25) is 0 Å². The number of rotatable bonds is 5. The van der Waals surface area contributed by atoms with Gasteiger partial charge in [-0.05, 0) is 40.2 Å².